The minimum atomic E-state index is 1.13. The smallest absolute Gasteiger partial charge is 0.0562 e. The predicted molar refractivity (Wildman–Crippen MR) is 188 cm³/mol. The topological polar surface area (TPSA) is 8.17 Å². The molecular weight excluding hydrogens is 532 g/mol. The van der Waals surface area contributed by atoms with Gasteiger partial charge in [0, 0.05) is 27.8 Å². The summed E-state index contributed by atoms with van der Waals surface area (Å²) in [5, 5.41) is 10.1. The Morgan fingerprint density at radius 2 is 0.977 bits per heavy atom. The van der Waals surface area contributed by atoms with Crippen LogP contribution >= 0.6 is 0 Å². The second-order valence-corrected chi connectivity index (χ2v) is 11.4. The number of hydrogen-bond acceptors (Lipinski definition) is 1. The molecule has 0 spiro atoms. The summed E-state index contributed by atoms with van der Waals surface area (Å²) in [6, 6.07) is 61.5. The SMILES string of the molecule is c1ccc(N(c2ccc3ccc4c5ccccc5ccc4c3c2)c2cccc3c2c2ccccc2n3-c2ccccc2)cc1. The molecule has 0 N–H and O–H groups in total. The van der Waals surface area contributed by atoms with Crippen molar-refractivity contribution in [1.82, 2.24) is 4.57 Å². The molecule has 206 valence electrons. The number of benzene rings is 8. The van der Waals surface area contributed by atoms with Crippen LogP contribution in [0.1, 0.15) is 0 Å². The summed E-state index contributed by atoms with van der Waals surface area (Å²) in [6.45, 7) is 0. The molecule has 0 atom stereocenters. The number of aromatic nitrogens is 1. The molecule has 9 aromatic rings. The highest BCUT2D eigenvalue weighted by atomic mass is 15.1. The van der Waals surface area contributed by atoms with Crippen molar-refractivity contribution < 1.29 is 0 Å². The van der Waals surface area contributed by atoms with E-state index in [1.165, 1.54) is 54.1 Å². The Morgan fingerprint density at radius 1 is 0.364 bits per heavy atom. The number of rotatable bonds is 4. The van der Waals surface area contributed by atoms with Crippen molar-refractivity contribution in [3.63, 3.8) is 0 Å². The average Bonchev–Trinajstić information content (AvgIpc) is 3.44. The van der Waals surface area contributed by atoms with Gasteiger partial charge >= 0.3 is 0 Å². The van der Waals surface area contributed by atoms with Crippen LogP contribution in [0.2, 0.25) is 0 Å². The molecule has 0 bridgehead atoms. The predicted octanol–water partition coefficient (Wildman–Crippen LogP) is 11.7. The highest BCUT2D eigenvalue weighted by Gasteiger charge is 2.21. The summed E-state index contributed by atoms with van der Waals surface area (Å²) < 4.78 is 2.39. The summed E-state index contributed by atoms with van der Waals surface area (Å²) in [5.41, 5.74) is 6.96. The zero-order valence-electron chi connectivity index (χ0n) is 24.1. The van der Waals surface area contributed by atoms with E-state index in [2.05, 4.69) is 179 Å². The van der Waals surface area contributed by atoms with Gasteiger partial charge in [-0.25, -0.2) is 0 Å². The van der Waals surface area contributed by atoms with Crippen molar-refractivity contribution in [2.75, 3.05) is 4.90 Å². The van der Waals surface area contributed by atoms with Crippen LogP contribution in [0, 0.1) is 0 Å². The lowest BCUT2D eigenvalue weighted by Gasteiger charge is -2.27. The molecule has 0 fully saturated rings. The van der Waals surface area contributed by atoms with Gasteiger partial charge in [0.2, 0.25) is 0 Å². The van der Waals surface area contributed by atoms with Gasteiger partial charge in [0.1, 0.15) is 0 Å². The average molecular weight is 561 g/mol. The first kappa shape index (κ1) is 24.7. The highest BCUT2D eigenvalue weighted by Crippen LogP contribution is 2.44. The van der Waals surface area contributed by atoms with Crippen molar-refractivity contribution >= 4 is 71.2 Å². The lowest BCUT2D eigenvalue weighted by molar-refractivity contribution is 1.18. The molecule has 0 unspecified atom stereocenters. The molecule has 0 amide bonds. The van der Waals surface area contributed by atoms with Crippen molar-refractivity contribution in [2.24, 2.45) is 0 Å². The Balaban J connectivity index is 1.35. The van der Waals surface area contributed by atoms with Gasteiger partial charge in [-0.15, -0.1) is 0 Å². The Morgan fingerprint density at radius 3 is 1.80 bits per heavy atom. The Hall–Kier alpha value is -5.86. The van der Waals surface area contributed by atoms with Crippen molar-refractivity contribution in [2.45, 2.75) is 0 Å². The van der Waals surface area contributed by atoms with Crippen LogP contribution in [-0.2, 0) is 0 Å². The maximum Gasteiger partial charge on any atom is 0.0562 e. The summed E-state index contributed by atoms with van der Waals surface area (Å²) in [5.74, 6) is 0. The molecular formula is C42H28N2. The summed E-state index contributed by atoms with van der Waals surface area (Å²) in [4.78, 5) is 2.42. The third-order valence-electron chi connectivity index (χ3n) is 8.93. The molecule has 9 rings (SSSR count). The Labute approximate surface area is 255 Å². The molecule has 8 aromatic carbocycles. The van der Waals surface area contributed by atoms with Gasteiger partial charge in [0.25, 0.3) is 0 Å². The van der Waals surface area contributed by atoms with Crippen LogP contribution in [-0.4, -0.2) is 4.57 Å². The van der Waals surface area contributed by atoms with E-state index in [0.29, 0.717) is 0 Å². The van der Waals surface area contributed by atoms with Gasteiger partial charge in [0.05, 0.1) is 16.7 Å². The molecule has 0 aliphatic carbocycles. The lowest BCUT2D eigenvalue weighted by atomic mass is 9.96. The van der Waals surface area contributed by atoms with Gasteiger partial charge in [-0.05, 0) is 86.9 Å². The van der Waals surface area contributed by atoms with Crippen molar-refractivity contribution in [3.8, 4) is 5.69 Å². The third-order valence-corrected chi connectivity index (χ3v) is 8.93. The number of para-hydroxylation sites is 3. The van der Waals surface area contributed by atoms with Gasteiger partial charge in [-0.3, -0.25) is 0 Å². The summed E-state index contributed by atoms with van der Waals surface area (Å²) in [6.07, 6.45) is 0. The quantitative estimate of drug-likeness (QED) is 0.194. The number of nitrogens with zero attached hydrogens (tertiary/aromatic N) is 2. The molecule has 1 heterocycles. The van der Waals surface area contributed by atoms with E-state index in [1.807, 2.05) is 0 Å². The van der Waals surface area contributed by atoms with E-state index >= 15 is 0 Å². The first-order valence-corrected chi connectivity index (χ1v) is 15.1. The molecule has 0 saturated carbocycles. The van der Waals surface area contributed by atoms with Gasteiger partial charge < -0.3 is 9.47 Å². The molecule has 1 aromatic heterocycles. The van der Waals surface area contributed by atoms with Crippen molar-refractivity contribution in [3.05, 3.63) is 170 Å². The normalized spacial score (nSPS) is 11.6. The van der Waals surface area contributed by atoms with Crippen LogP contribution in [0.15, 0.2) is 170 Å². The van der Waals surface area contributed by atoms with Gasteiger partial charge in [-0.2, -0.15) is 0 Å². The van der Waals surface area contributed by atoms with Crippen LogP contribution in [0.3, 0.4) is 0 Å². The fraction of sp³-hybridized carbons (Fsp3) is 0. The molecule has 2 heteroatoms. The fourth-order valence-corrected chi connectivity index (χ4v) is 6.99. The van der Waals surface area contributed by atoms with E-state index in [-0.39, 0.29) is 0 Å². The third kappa shape index (κ3) is 3.75. The van der Waals surface area contributed by atoms with E-state index < -0.39 is 0 Å². The number of hydrogen-bond donors (Lipinski definition) is 0. The zero-order valence-corrected chi connectivity index (χ0v) is 24.1. The Bertz CT molecular complexity index is 2490. The summed E-state index contributed by atoms with van der Waals surface area (Å²) in [7, 11) is 0. The molecule has 0 aliphatic rings. The number of anilines is 3. The standard InChI is InChI=1S/C42H28N2/c1-3-13-31(14-4-1)43(33-25-22-30-24-26-35-34-17-8-7-12-29(34)23-27-36(35)38(30)28-33)40-20-11-21-41-42(40)37-18-9-10-19-39(37)44(41)32-15-5-2-6-16-32/h1-28H. The molecule has 0 saturated heterocycles. The number of fused-ring (bicyclic) bond motifs is 8. The van der Waals surface area contributed by atoms with Crippen LogP contribution in [0.4, 0.5) is 17.1 Å². The largest absolute Gasteiger partial charge is 0.310 e. The van der Waals surface area contributed by atoms with Crippen LogP contribution in [0.5, 0.6) is 0 Å². The van der Waals surface area contributed by atoms with E-state index in [1.54, 1.807) is 0 Å². The first-order chi connectivity index (χ1) is 21.8. The van der Waals surface area contributed by atoms with E-state index in [4.69, 9.17) is 0 Å². The molecule has 0 radical (unpaired) electrons. The maximum atomic E-state index is 2.42. The maximum absolute atomic E-state index is 2.42. The highest BCUT2D eigenvalue weighted by molar-refractivity contribution is 6.19. The van der Waals surface area contributed by atoms with Gasteiger partial charge in [-0.1, -0.05) is 115 Å². The summed E-state index contributed by atoms with van der Waals surface area (Å²) >= 11 is 0. The van der Waals surface area contributed by atoms with Gasteiger partial charge in [0.15, 0.2) is 0 Å². The first-order valence-electron chi connectivity index (χ1n) is 15.1. The second kappa shape index (κ2) is 9.86. The van der Waals surface area contributed by atoms with E-state index in [0.717, 1.165) is 22.7 Å². The van der Waals surface area contributed by atoms with E-state index in [9.17, 15) is 0 Å². The molecule has 0 aliphatic heterocycles. The molecule has 2 nitrogen and oxygen atoms in total. The molecule has 44 heavy (non-hydrogen) atoms. The zero-order chi connectivity index (χ0) is 29.0. The Kier molecular flexibility index (Phi) is 5.54. The lowest BCUT2D eigenvalue weighted by Crippen LogP contribution is -2.10. The van der Waals surface area contributed by atoms with Crippen LogP contribution in [0.25, 0.3) is 59.8 Å². The van der Waals surface area contributed by atoms with Crippen LogP contribution < -0.4 is 4.90 Å². The minimum absolute atomic E-state index is 1.13. The monoisotopic (exact) mass is 560 g/mol. The fourth-order valence-electron chi connectivity index (χ4n) is 6.99. The van der Waals surface area contributed by atoms with Crippen molar-refractivity contribution in [1.29, 1.82) is 0 Å². The second-order valence-electron chi connectivity index (χ2n) is 11.4. The minimum Gasteiger partial charge on any atom is -0.310 e.